The molecule has 0 unspecified atom stereocenters. The Morgan fingerprint density at radius 2 is 1.56 bits per heavy atom. The van der Waals surface area contributed by atoms with Gasteiger partial charge in [0.2, 0.25) is 0 Å². The van der Waals surface area contributed by atoms with Gasteiger partial charge in [0.1, 0.15) is 6.07 Å². The van der Waals surface area contributed by atoms with E-state index in [0.29, 0.717) is 24.2 Å². The van der Waals surface area contributed by atoms with Crippen molar-refractivity contribution in [2.75, 3.05) is 6.54 Å². The Hall–Kier alpha value is -3.03. The van der Waals surface area contributed by atoms with E-state index in [-0.39, 0.29) is 5.91 Å². The van der Waals surface area contributed by atoms with Crippen LogP contribution in [0.25, 0.3) is 0 Å². The van der Waals surface area contributed by atoms with Crippen LogP contribution in [-0.2, 0) is 6.54 Å². The predicted molar refractivity (Wildman–Crippen MR) is 109 cm³/mol. The minimum Gasteiger partial charge on any atom is -0.335 e. The van der Waals surface area contributed by atoms with Crippen molar-refractivity contribution in [2.45, 2.75) is 23.3 Å². The molecule has 0 aliphatic rings. The summed E-state index contributed by atoms with van der Waals surface area (Å²) in [4.78, 5) is 16.7. The molecule has 0 saturated heterocycles. The van der Waals surface area contributed by atoms with E-state index in [1.54, 1.807) is 6.07 Å². The van der Waals surface area contributed by atoms with Crippen molar-refractivity contribution in [1.82, 2.24) is 4.90 Å². The molecule has 3 aromatic carbocycles. The normalized spacial score (nSPS) is 10.2. The van der Waals surface area contributed by atoms with Gasteiger partial charge in [-0.25, -0.2) is 0 Å². The fraction of sp³-hybridized carbons (Fsp3) is 0.130. The molecule has 0 spiro atoms. The Bertz CT molecular complexity index is 963. The number of rotatable bonds is 6. The molecule has 0 bridgehead atoms. The SMILES string of the molecule is CCN(Cc1ccccc1)C(=O)c1ccccc1Sc1ccccc1C#N. The van der Waals surface area contributed by atoms with E-state index >= 15 is 0 Å². The molecule has 134 valence electrons. The smallest absolute Gasteiger partial charge is 0.255 e. The topological polar surface area (TPSA) is 44.1 Å². The van der Waals surface area contributed by atoms with E-state index in [1.807, 2.05) is 84.6 Å². The van der Waals surface area contributed by atoms with Crippen LogP contribution in [0.15, 0.2) is 88.7 Å². The summed E-state index contributed by atoms with van der Waals surface area (Å²) >= 11 is 1.46. The fourth-order valence-electron chi connectivity index (χ4n) is 2.80. The van der Waals surface area contributed by atoms with Gasteiger partial charge in [0, 0.05) is 22.9 Å². The van der Waals surface area contributed by atoms with Gasteiger partial charge >= 0.3 is 0 Å². The van der Waals surface area contributed by atoms with Gasteiger partial charge in [-0.15, -0.1) is 0 Å². The van der Waals surface area contributed by atoms with E-state index in [1.165, 1.54) is 11.8 Å². The van der Waals surface area contributed by atoms with Crippen molar-refractivity contribution in [3.63, 3.8) is 0 Å². The number of carbonyl (C=O) groups excluding carboxylic acids is 1. The first-order valence-corrected chi connectivity index (χ1v) is 9.63. The Balaban J connectivity index is 1.88. The first-order chi connectivity index (χ1) is 13.2. The van der Waals surface area contributed by atoms with Crippen LogP contribution in [0, 0.1) is 11.3 Å². The van der Waals surface area contributed by atoms with Crippen molar-refractivity contribution < 1.29 is 4.79 Å². The molecular formula is C23H20N2OS. The summed E-state index contributed by atoms with van der Waals surface area (Å²) in [5.74, 6) is -0.00103. The molecule has 1 amide bonds. The molecule has 3 nitrogen and oxygen atoms in total. The second-order valence-corrected chi connectivity index (χ2v) is 7.09. The van der Waals surface area contributed by atoms with E-state index < -0.39 is 0 Å². The summed E-state index contributed by atoms with van der Waals surface area (Å²) in [5, 5.41) is 9.33. The standard InChI is InChI=1S/C23H20N2OS/c1-2-25(17-18-10-4-3-5-11-18)23(26)20-13-7-9-15-22(20)27-21-14-8-6-12-19(21)16-24/h3-15H,2,17H2,1H3. The van der Waals surface area contributed by atoms with Crippen molar-refractivity contribution in [2.24, 2.45) is 0 Å². The van der Waals surface area contributed by atoms with Gasteiger partial charge in [0.25, 0.3) is 5.91 Å². The third kappa shape index (κ3) is 4.58. The van der Waals surface area contributed by atoms with Crippen LogP contribution in [0.4, 0.5) is 0 Å². The summed E-state index contributed by atoms with van der Waals surface area (Å²) in [6.07, 6.45) is 0. The van der Waals surface area contributed by atoms with Crippen LogP contribution in [0.2, 0.25) is 0 Å². The zero-order valence-electron chi connectivity index (χ0n) is 15.1. The molecule has 3 aromatic rings. The Morgan fingerprint density at radius 3 is 2.26 bits per heavy atom. The number of nitriles is 1. The molecule has 0 atom stereocenters. The largest absolute Gasteiger partial charge is 0.335 e. The minimum atomic E-state index is -0.00103. The van der Waals surface area contributed by atoms with Gasteiger partial charge in [-0.1, -0.05) is 66.4 Å². The summed E-state index contributed by atoms with van der Waals surface area (Å²) in [5.41, 5.74) is 2.38. The molecule has 27 heavy (non-hydrogen) atoms. The Morgan fingerprint density at radius 1 is 0.926 bits per heavy atom. The Labute approximate surface area is 164 Å². The lowest BCUT2D eigenvalue weighted by Gasteiger charge is -2.22. The lowest BCUT2D eigenvalue weighted by Crippen LogP contribution is -2.30. The average molecular weight is 372 g/mol. The zero-order chi connectivity index (χ0) is 19.1. The number of benzene rings is 3. The number of carbonyl (C=O) groups is 1. The highest BCUT2D eigenvalue weighted by molar-refractivity contribution is 7.99. The van der Waals surface area contributed by atoms with Crippen LogP contribution in [0.3, 0.4) is 0 Å². The van der Waals surface area contributed by atoms with Crippen LogP contribution < -0.4 is 0 Å². The highest BCUT2D eigenvalue weighted by Crippen LogP contribution is 2.33. The van der Waals surface area contributed by atoms with Crippen molar-refractivity contribution in [3.8, 4) is 6.07 Å². The van der Waals surface area contributed by atoms with Gasteiger partial charge in [-0.3, -0.25) is 4.79 Å². The lowest BCUT2D eigenvalue weighted by molar-refractivity contribution is 0.0749. The van der Waals surface area contributed by atoms with Gasteiger partial charge in [-0.05, 0) is 36.8 Å². The van der Waals surface area contributed by atoms with Crippen molar-refractivity contribution in [3.05, 3.63) is 95.6 Å². The number of hydrogen-bond acceptors (Lipinski definition) is 3. The summed E-state index contributed by atoms with van der Waals surface area (Å²) in [6, 6.07) is 27.2. The van der Waals surface area contributed by atoms with E-state index in [0.717, 1.165) is 15.4 Å². The molecule has 0 aliphatic carbocycles. The minimum absolute atomic E-state index is 0.00103. The molecule has 0 heterocycles. The van der Waals surface area contributed by atoms with E-state index in [2.05, 4.69) is 6.07 Å². The number of nitrogens with zero attached hydrogens (tertiary/aromatic N) is 2. The lowest BCUT2D eigenvalue weighted by atomic mass is 10.1. The second-order valence-electron chi connectivity index (χ2n) is 6.01. The van der Waals surface area contributed by atoms with Gasteiger partial charge in [0.15, 0.2) is 0 Å². The third-order valence-corrected chi connectivity index (χ3v) is 5.38. The zero-order valence-corrected chi connectivity index (χ0v) is 15.9. The van der Waals surface area contributed by atoms with Crippen LogP contribution in [0.5, 0.6) is 0 Å². The first-order valence-electron chi connectivity index (χ1n) is 8.82. The molecule has 0 aromatic heterocycles. The van der Waals surface area contributed by atoms with Gasteiger partial charge < -0.3 is 4.90 Å². The summed E-state index contributed by atoms with van der Waals surface area (Å²) in [7, 11) is 0. The molecule has 4 heteroatoms. The second kappa shape index (κ2) is 9.07. The summed E-state index contributed by atoms with van der Waals surface area (Å²) < 4.78 is 0. The monoisotopic (exact) mass is 372 g/mol. The summed E-state index contributed by atoms with van der Waals surface area (Å²) in [6.45, 7) is 3.19. The van der Waals surface area contributed by atoms with Crippen molar-refractivity contribution in [1.29, 1.82) is 5.26 Å². The van der Waals surface area contributed by atoms with Crippen LogP contribution in [-0.4, -0.2) is 17.4 Å². The maximum absolute atomic E-state index is 13.2. The fourth-order valence-corrected chi connectivity index (χ4v) is 3.82. The highest BCUT2D eigenvalue weighted by atomic mass is 32.2. The average Bonchev–Trinajstić information content (AvgIpc) is 2.73. The molecule has 0 aliphatic heterocycles. The quantitative estimate of drug-likeness (QED) is 0.584. The predicted octanol–water partition coefficient (Wildman–Crippen LogP) is 5.37. The van der Waals surface area contributed by atoms with E-state index in [4.69, 9.17) is 0 Å². The number of hydrogen-bond donors (Lipinski definition) is 0. The van der Waals surface area contributed by atoms with Gasteiger partial charge in [-0.2, -0.15) is 5.26 Å². The first kappa shape index (κ1) is 18.8. The van der Waals surface area contributed by atoms with Crippen LogP contribution >= 0.6 is 11.8 Å². The Kier molecular flexibility index (Phi) is 6.30. The maximum atomic E-state index is 13.2. The molecular weight excluding hydrogens is 352 g/mol. The molecule has 0 fully saturated rings. The van der Waals surface area contributed by atoms with Crippen molar-refractivity contribution >= 4 is 17.7 Å². The maximum Gasteiger partial charge on any atom is 0.255 e. The number of amides is 1. The molecule has 0 radical (unpaired) electrons. The molecule has 0 saturated carbocycles. The molecule has 3 rings (SSSR count). The van der Waals surface area contributed by atoms with Crippen LogP contribution in [0.1, 0.15) is 28.4 Å². The highest BCUT2D eigenvalue weighted by Gasteiger charge is 2.19. The van der Waals surface area contributed by atoms with Gasteiger partial charge in [0.05, 0.1) is 11.1 Å². The van der Waals surface area contributed by atoms with E-state index in [9.17, 15) is 10.1 Å². The third-order valence-electron chi connectivity index (χ3n) is 4.23. The molecule has 0 N–H and O–H groups in total.